The number of carbonyl (C=O) groups excluding carboxylic acids is 1. The van der Waals surface area contributed by atoms with E-state index in [4.69, 9.17) is 0 Å². The Morgan fingerprint density at radius 2 is 2.05 bits per heavy atom. The Morgan fingerprint density at radius 3 is 2.76 bits per heavy atom. The van der Waals surface area contributed by atoms with Gasteiger partial charge in [0.05, 0.1) is 16.0 Å². The minimum atomic E-state index is 0.0931. The van der Waals surface area contributed by atoms with Gasteiger partial charge in [-0.2, -0.15) is 0 Å². The molecule has 0 fully saturated rings. The maximum absolute atomic E-state index is 11.9. The number of carbonyl (C=O) groups is 1. The van der Waals surface area contributed by atoms with Crippen molar-refractivity contribution < 1.29 is 4.79 Å². The highest BCUT2D eigenvalue weighted by atomic mass is 32.2. The summed E-state index contributed by atoms with van der Waals surface area (Å²) in [6, 6.07) is 8.31. The summed E-state index contributed by atoms with van der Waals surface area (Å²) >= 11 is 3.16. The Bertz CT molecular complexity index is 562. The molecule has 0 radical (unpaired) electrons. The summed E-state index contributed by atoms with van der Waals surface area (Å²) in [5.41, 5.74) is 1.01. The zero-order valence-corrected chi connectivity index (χ0v) is 14.4. The number of hydrogen-bond acceptors (Lipinski definition) is 4. The Morgan fingerprint density at radius 1 is 1.29 bits per heavy atom. The van der Waals surface area contributed by atoms with E-state index < -0.39 is 0 Å². The molecule has 1 N–H and O–H groups in total. The summed E-state index contributed by atoms with van der Waals surface area (Å²) in [6.07, 6.45) is 2.18. The number of thiazole rings is 1. The summed E-state index contributed by atoms with van der Waals surface area (Å²) < 4.78 is 2.13. The van der Waals surface area contributed by atoms with Crippen LogP contribution in [-0.4, -0.2) is 22.7 Å². The van der Waals surface area contributed by atoms with Crippen LogP contribution in [0.4, 0.5) is 0 Å². The molecular weight excluding hydrogens is 300 g/mol. The monoisotopic (exact) mass is 322 g/mol. The van der Waals surface area contributed by atoms with E-state index in [2.05, 4.69) is 37.1 Å². The lowest BCUT2D eigenvalue weighted by atomic mass is 10.0. The van der Waals surface area contributed by atoms with Gasteiger partial charge in [-0.1, -0.05) is 37.7 Å². The topological polar surface area (TPSA) is 42.0 Å². The predicted molar refractivity (Wildman–Crippen MR) is 92.0 cm³/mol. The maximum Gasteiger partial charge on any atom is 0.230 e. The fourth-order valence-electron chi connectivity index (χ4n) is 2.01. The molecule has 1 atom stereocenters. The van der Waals surface area contributed by atoms with Gasteiger partial charge in [-0.3, -0.25) is 4.79 Å². The number of rotatable bonds is 7. The molecule has 3 nitrogen and oxygen atoms in total. The van der Waals surface area contributed by atoms with E-state index in [0.29, 0.717) is 11.7 Å². The van der Waals surface area contributed by atoms with Crippen LogP contribution in [0.5, 0.6) is 0 Å². The van der Waals surface area contributed by atoms with Crippen LogP contribution in [0, 0.1) is 5.92 Å². The van der Waals surface area contributed by atoms with E-state index in [1.807, 2.05) is 18.2 Å². The molecule has 0 saturated carbocycles. The second-order valence-electron chi connectivity index (χ2n) is 5.68. The van der Waals surface area contributed by atoms with Gasteiger partial charge >= 0.3 is 0 Å². The molecule has 0 aliphatic carbocycles. The molecular formula is C16H22N2OS2. The molecule has 5 heteroatoms. The number of fused-ring (bicyclic) bond motifs is 1. The van der Waals surface area contributed by atoms with Gasteiger partial charge in [-0.05, 0) is 37.8 Å². The standard InChI is InChI=1S/C16H22N2OS2/c1-11(2)8-9-12(3)17-15(19)10-20-16-18-13-6-4-5-7-14(13)21-16/h4-7,11-12H,8-10H2,1-3H3,(H,17,19)/t12-/m0/s1. The minimum Gasteiger partial charge on any atom is -0.353 e. The molecule has 2 rings (SSSR count). The van der Waals surface area contributed by atoms with E-state index in [0.717, 1.165) is 22.7 Å². The van der Waals surface area contributed by atoms with Crippen molar-refractivity contribution in [2.75, 3.05) is 5.75 Å². The summed E-state index contributed by atoms with van der Waals surface area (Å²) in [7, 11) is 0. The average molecular weight is 322 g/mol. The number of thioether (sulfide) groups is 1. The number of nitrogens with zero attached hydrogens (tertiary/aromatic N) is 1. The molecule has 1 amide bonds. The van der Waals surface area contributed by atoms with Gasteiger partial charge in [0.25, 0.3) is 0 Å². The molecule has 2 aromatic rings. The van der Waals surface area contributed by atoms with Crippen molar-refractivity contribution in [3.05, 3.63) is 24.3 Å². The van der Waals surface area contributed by atoms with Crippen LogP contribution in [0.2, 0.25) is 0 Å². The van der Waals surface area contributed by atoms with Crippen molar-refractivity contribution in [2.45, 2.75) is 44.0 Å². The van der Waals surface area contributed by atoms with Crippen molar-refractivity contribution in [3.63, 3.8) is 0 Å². The zero-order chi connectivity index (χ0) is 15.2. The fraction of sp³-hybridized carbons (Fsp3) is 0.500. The van der Waals surface area contributed by atoms with Gasteiger partial charge < -0.3 is 5.32 Å². The number of benzene rings is 1. The molecule has 0 bridgehead atoms. The van der Waals surface area contributed by atoms with Crippen molar-refractivity contribution in [1.29, 1.82) is 0 Å². The molecule has 1 heterocycles. The van der Waals surface area contributed by atoms with E-state index in [9.17, 15) is 4.79 Å². The maximum atomic E-state index is 11.9. The van der Waals surface area contributed by atoms with Gasteiger partial charge in [0, 0.05) is 6.04 Å². The number of amides is 1. The third kappa shape index (κ3) is 5.32. The third-order valence-electron chi connectivity index (χ3n) is 3.19. The van der Waals surface area contributed by atoms with Crippen LogP contribution < -0.4 is 5.32 Å². The van der Waals surface area contributed by atoms with E-state index in [-0.39, 0.29) is 11.9 Å². The first kappa shape index (κ1) is 16.3. The second kappa shape index (κ2) is 7.80. The highest BCUT2D eigenvalue weighted by Crippen LogP contribution is 2.29. The summed E-state index contributed by atoms with van der Waals surface area (Å²) in [5.74, 6) is 1.21. The van der Waals surface area contributed by atoms with Crippen LogP contribution in [0.15, 0.2) is 28.6 Å². The van der Waals surface area contributed by atoms with Crippen LogP contribution in [0.3, 0.4) is 0 Å². The van der Waals surface area contributed by atoms with Crippen molar-refractivity contribution in [2.24, 2.45) is 5.92 Å². The average Bonchev–Trinajstić information content (AvgIpc) is 2.86. The molecule has 21 heavy (non-hydrogen) atoms. The summed E-state index contributed by atoms with van der Waals surface area (Å²) in [6.45, 7) is 6.48. The SMILES string of the molecule is CC(C)CC[C@H](C)NC(=O)CSc1nc2ccccc2s1. The van der Waals surface area contributed by atoms with Gasteiger partial charge in [0.15, 0.2) is 4.34 Å². The predicted octanol–water partition coefficient (Wildman–Crippen LogP) is 4.33. The molecule has 1 aromatic heterocycles. The minimum absolute atomic E-state index is 0.0931. The Kier molecular flexibility index (Phi) is 6.06. The lowest BCUT2D eigenvalue weighted by molar-refractivity contribution is -0.119. The highest BCUT2D eigenvalue weighted by molar-refractivity contribution is 8.01. The fourth-order valence-corrected chi connectivity index (χ4v) is 3.89. The smallest absolute Gasteiger partial charge is 0.230 e. The lowest BCUT2D eigenvalue weighted by Gasteiger charge is -2.14. The molecule has 0 saturated heterocycles. The Balaban J connectivity index is 1.78. The summed E-state index contributed by atoms with van der Waals surface area (Å²) in [4.78, 5) is 16.5. The molecule has 0 unspecified atom stereocenters. The van der Waals surface area contributed by atoms with Gasteiger partial charge in [0.1, 0.15) is 0 Å². The van der Waals surface area contributed by atoms with Gasteiger partial charge in [0.2, 0.25) is 5.91 Å². The lowest BCUT2D eigenvalue weighted by Crippen LogP contribution is -2.33. The van der Waals surface area contributed by atoms with Crippen LogP contribution >= 0.6 is 23.1 Å². The second-order valence-corrected chi connectivity index (χ2v) is 7.93. The van der Waals surface area contributed by atoms with Crippen molar-refractivity contribution in [3.8, 4) is 0 Å². The largest absolute Gasteiger partial charge is 0.353 e. The van der Waals surface area contributed by atoms with E-state index in [1.165, 1.54) is 16.5 Å². The van der Waals surface area contributed by atoms with E-state index >= 15 is 0 Å². The van der Waals surface area contributed by atoms with Gasteiger partial charge in [-0.15, -0.1) is 11.3 Å². The molecule has 1 aromatic carbocycles. The number of aromatic nitrogens is 1. The molecule has 0 spiro atoms. The Labute approximate surface area is 134 Å². The first-order valence-electron chi connectivity index (χ1n) is 7.32. The number of para-hydroxylation sites is 1. The molecule has 114 valence electrons. The third-order valence-corrected chi connectivity index (χ3v) is 5.36. The van der Waals surface area contributed by atoms with Crippen molar-refractivity contribution in [1.82, 2.24) is 10.3 Å². The van der Waals surface area contributed by atoms with Crippen LogP contribution in [0.25, 0.3) is 10.2 Å². The van der Waals surface area contributed by atoms with Crippen LogP contribution in [-0.2, 0) is 4.79 Å². The molecule has 0 aliphatic heterocycles. The first-order valence-corrected chi connectivity index (χ1v) is 9.12. The molecule has 0 aliphatic rings. The quantitative estimate of drug-likeness (QED) is 0.772. The zero-order valence-electron chi connectivity index (χ0n) is 12.8. The highest BCUT2D eigenvalue weighted by Gasteiger charge is 2.10. The van der Waals surface area contributed by atoms with Gasteiger partial charge in [-0.25, -0.2) is 4.98 Å². The van der Waals surface area contributed by atoms with E-state index in [1.54, 1.807) is 11.3 Å². The normalized spacial score (nSPS) is 12.8. The Hall–Kier alpha value is -1.07. The number of hydrogen-bond donors (Lipinski definition) is 1. The summed E-state index contributed by atoms with van der Waals surface area (Å²) in [5, 5.41) is 3.06. The van der Waals surface area contributed by atoms with Crippen molar-refractivity contribution >= 4 is 39.2 Å². The first-order chi connectivity index (χ1) is 10.0. The number of nitrogens with one attached hydrogen (secondary N) is 1. The van der Waals surface area contributed by atoms with Crippen LogP contribution in [0.1, 0.15) is 33.6 Å².